The van der Waals surface area contributed by atoms with Crippen LogP contribution in [0.4, 0.5) is 22.0 Å². The number of hydrogen-bond acceptors (Lipinski definition) is 3. The smallest absolute Gasteiger partial charge is 0.292 e. The van der Waals surface area contributed by atoms with Crippen molar-refractivity contribution in [3.05, 3.63) is 63.6 Å². The molecule has 9 heteroatoms. The molecule has 0 saturated heterocycles. The van der Waals surface area contributed by atoms with Crippen molar-refractivity contribution in [3.8, 4) is 0 Å². The molecule has 0 bridgehead atoms. The fourth-order valence-electron chi connectivity index (χ4n) is 5.19. The first-order valence-electron chi connectivity index (χ1n) is 13.2. The van der Waals surface area contributed by atoms with E-state index in [1.807, 2.05) is 6.92 Å². The van der Waals surface area contributed by atoms with Crippen LogP contribution in [0.2, 0.25) is 0 Å². The molecule has 1 fully saturated rings. The zero-order chi connectivity index (χ0) is 29.7. The van der Waals surface area contributed by atoms with E-state index in [9.17, 15) is 31.5 Å². The summed E-state index contributed by atoms with van der Waals surface area (Å²) in [5.41, 5.74) is 5.82. The lowest BCUT2D eigenvalue weighted by atomic mass is 9.68. The minimum atomic E-state index is -3.04. The number of hydrogen-bond donors (Lipinski definition) is 2. The minimum Gasteiger partial charge on any atom is -0.405 e. The lowest BCUT2D eigenvalue weighted by molar-refractivity contribution is -0.147. The van der Waals surface area contributed by atoms with Crippen LogP contribution >= 0.6 is 0 Å². The highest BCUT2D eigenvalue weighted by atomic mass is 19.3. The number of halogens is 5. The average molecular weight is 555 g/mol. The van der Waals surface area contributed by atoms with Crippen molar-refractivity contribution in [1.82, 2.24) is 5.32 Å². The number of allylic oxidation sites excluding steroid dienone is 3. The van der Waals surface area contributed by atoms with Crippen molar-refractivity contribution in [1.29, 1.82) is 0 Å². The predicted octanol–water partition coefficient (Wildman–Crippen LogP) is 7.81. The number of nitrogens with one attached hydrogen (secondary N) is 1. The fourth-order valence-corrected chi connectivity index (χ4v) is 5.19. The van der Waals surface area contributed by atoms with Gasteiger partial charge in [0, 0.05) is 18.4 Å². The van der Waals surface area contributed by atoms with Gasteiger partial charge in [0.15, 0.2) is 0 Å². The molecule has 1 amide bonds. The molecule has 1 saturated carbocycles. The zero-order valence-corrected chi connectivity index (χ0v) is 23.5. The van der Waals surface area contributed by atoms with Gasteiger partial charge in [0.1, 0.15) is 5.82 Å². The molecule has 0 radical (unpaired) electrons. The van der Waals surface area contributed by atoms with Gasteiger partial charge in [0.25, 0.3) is 18.3 Å². The lowest BCUT2D eigenvalue weighted by Gasteiger charge is -2.49. The molecule has 0 atom stereocenters. The van der Waals surface area contributed by atoms with Crippen LogP contribution in [0.3, 0.4) is 0 Å². The quantitative estimate of drug-likeness (QED) is 0.120. The van der Waals surface area contributed by atoms with E-state index in [1.54, 1.807) is 13.8 Å². The summed E-state index contributed by atoms with van der Waals surface area (Å²) in [6.07, 6.45) is -0.546. The second-order valence-electron chi connectivity index (χ2n) is 10.8. The maximum Gasteiger partial charge on any atom is 0.292 e. The Kier molecular flexibility index (Phi) is 10.7. The first-order valence-corrected chi connectivity index (χ1v) is 13.2. The fraction of sp³-hybridized carbons (Fsp3) is 0.533. The van der Waals surface area contributed by atoms with Gasteiger partial charge in [-0.2, -0.15) is 0 Å². The number of benzene rings is 1. The summed E-state index contributed by atoms with van der Waals surface area (Å²) in [6.45, 7) is 10.7. The number of Topliss-reactive ketones (excluding diaryl/α,β-unsaturated/α-hetero) is 1. The van der Waals surface area contributed by atoms with Crippen molar-refractivity contribution in [3.63, 3.8) is 0 Å². The van der Waals surface area contributed by atoms with E-state index in [0.717, 1.165) is 30.5 Å². The molecular formula is C30H39F5N2O2. The molecule has 1 aliphatic carbocycles. The van der Waals surface area contributed by atoms with E-state index < -0.39 is 53.8 Å². The van der Waals surface area contributed by atoms with Gasteiger partial charge in [-0.1, -0.05) is 38.8 Å². The molecule has 2 rings (SSSR count). The molecule has 0 spiro atoms. The molecule has 0 aliphatic heterocycles. The van der Waals surface area contributed by atoms with Gasteiger partial charge >= 0.3 is 0 Å². The van der Waals surface area contributed by atoms with Gasteiger partial charge < -0.3 is 11.1 Å². The van der Waals surface area contributed by atoms with Crippen LogP contribution in [0.1, 0.15) is 97.6 Å². The molecule has 0 aromatic heterocycles. The van der Waals surface area contributed by atoms with E-state index in [-0.39, 0.29) is 5.57 Å². The highest BCUT2D eigenvalue weighted by molar-refractivity contribution is 6.43. The van der Waals surface area contributed by atoms with Gasteiger partial charge in [-0.15, -0.1) is 0 Å². The minimum absolute atomic E-state index is 0.0321. The average Bonchev–Trinajstić information content (AvgIpc) is 2.83. The van der Waals surface area contributed by atoms with Crippen LogP contribution in [0.15, 0.2) is 46.7 Å². The Balaban J connectivity index is 2.52. The zero-order valence-electron chi connectivity index (χ0n) is 23.5. The Bertz CT molecular complexity index is 1170. The van der Waals surface area contributed by atoms with Gasteiger partial charge in [-0.3, -0.25) is 9.59 Å². The van der Waals surface area contributed by atoms with Gasteiger partial charge in [0.05, 0.1) is 11.1 Å². The first-order chi connectivity index (χ1) is 18.1. The summed E-state index contributed by atoms with van der Waals surface area (Å²) in [6, 6.07) is 3.39. The Morgan fingerprint density at radius 2 is 1.72 bits per heavy atom. The van der Waals surface area contributed by atoms with E-state index in [1.165, 1.54) is 19.2 Å². The normalized spacial score (nSPS) is 17.9. The molecule has 1 aromatic carbocycles. The number of nitrogens with two attached hydrogens (primary N) is 1. The van der Waals surface area contributed by atoms with Gasteiger partial charge in [0.2, 0.25) is 5.78 Å². The Morgan fingerprint density at radius 3 is 2.21 bits per heavy atom. The summed E-state index contributed by atoms with van der Waals surface area (Å²) >= 11 is 0. The third-order valence-electron chi connectivity index (χ3n) is 7.43. The molecule has 0 heterocycles. The first kappa shape index (κ1) is 32.2. The second kappa shape index (κ2) is 12.9. The molecule has 1 aromatic rings. The lowest BCUT2D eigenvalue weighted by Crippen LogP contribution is -2.64. The summed E-state index contributed by atoms with van der Waals surface area (Å²) in [4.78, 5) is 26.3. The third kappa shape index (κ3) is 7.57. The van der Waals surface area contributed by atoms with Crippen molar-refractivity contribution in [2.45, 2.75) is 98.0 Å². The summed E-state index contributed by atoms with van der Waals surface area (Å²) in [7, 11) is 0. The van der Waals surface area contributed by atoms with Crippen LogP contribution in [0.25, 0.3) is 5.57 Å². The topological polar surface area (TPSA) is 72.2 Å². The number of amides is 1. The van der Waals surface area contributed by atoms with Crippen LogP contribution < -0.4 is 11.1 Å². The monoisotopic (exact) mass is 554 g/mol. The van der Waals surface area contributed by atoms with Crippen molar-refractivity contribution in [2.75, 3.05) is 0 Å². The number of carbonyl (C=O) groups excluding carboxylic acids is 2. The Labute approximate surface area is 227 Å². The second-order valence-corrected chi connectivity index (χ2v) is 10.8. The van der Waals surface area contributed by atoms with Crippen molar-refractivity contribution in [2.24, 2.45) is 11.7 Å². The molecule has 216 valence electrons. The third-order valence-corrected chi connectivity index (χ3v) is 7.43. The summed E-state index contributed by atoms with van der Waals surface area (Å²) < 4.78 is 68.8. The van der Waals surface area contributed by atoms with Crippen LogP contribution in [0, 0.1) is 11.7 Å². The van der Waals surface area contributed by atoms with Gasteiger partial charge in [-0.25, -0.2) is 22.0 Å². The highest BCUT2D eigenvalue weighted by Gasteiger charge is 2.59. The van der Waals surface area contributed by atoms with Crippen LogP contribution in [-0.4, -0.2) is 23.2 Å². The molecular weight excluding hydrogens is 515 g/mol. The van der Waals surface area contributed by atoms with E-state index in [4.69, 9.17) is 5.73 Å². The predicted molar refractivity (Wildman–Crippen MR) is 144 cm³/mol. The Hall–Kier alpha value is -2.97. The maximum absolute atomic E-state index is 14.1. The van der Waals surface area contributed by atoms with Crippen molar-refractivity contribution >= 4 is 17.3 Å². The molecule has 0 unspecified atom stereocenters. The van der Waals surface area contributed by atoms with Crippen molar-refractivity contribution < 1.29 is 31.5 Å². The van der Waals surface area contributed by atoms with E-state index >= 15 is 0 Å². The largest absolute Gasteiger partial charge is 0.405 e. The number of alkyl halides is 4. The standard InChI is InChI=1S/C30H39F5N2O2/c1-7-22(14-36)29(15-30(34,35)16-29)37-28(39)26(38)20(6)19(5)25(18(4)10-8-9-17(2)3)21-11-12-24(31)23(13-21)27(32)33/h11-14,17,27H,7-10,15-16,36H2,1-6H3,(H,37,39)/b20-19+,22-14+,25-18-. The maximum atomic E-state index is 14.1. The summed E-state index contributed by atoms with van der Waals surface area (Å²) in [5.74, 6) is -5.57. The SMILES string of the molecule is CC/C(=C\N)C1(NC(=O)C(=O)/C(C)=C(C)/C(=C(\C)CCCC(C)C)c2ccc(F)c(C(F)F)c2)CC(F)(F)C1. The highest BCUT2D eigenvalue weighted by Crippen LogP contribution is 2.50. The summed E-state index contributed by atoms with van der Waals surface area (Å²) in [5, 5.41) is 2.49. The Morgan fingerprint density at radius 1 is 1.10 bits per heavy atom. The molecule has 1 aliphatic rings. The number of carbonyl (C=O) groups is 2. The number of ketones is 1. The van der Waals surface area contributed by atoms with E-state index in [2.05, 4.69) is 19.2 Å². The van der Waals surface area contributed by atoms with Crippen LogP contribution in [-0.2, 0) is 9.59 Å². The van der Waals surface area contributed by atoms with Gasteiger partial charge in [-0.05, 0) is 86.6 Å². The van der Waals surface area contributed by atoms with Crippen LogP contribution in [0.5, 0.6) is 0 Å². The molecule has 39 heavy (non-hydrogen) atoms. The van der Waals surface area contributed by atoms with E-state index in [0.29, 0.717) is 41.0 Å². The molecule has 4 nitrogen and oxygen atoms in total. The molecule has 3 N–H and O–H groups in total. The number of rotatable bonds is 12.